The minimum Gasteiger partial charge on any atom is -0.454 e. The molecule has 230 valence electrons. The molecule has 2 aliphatic heterocycles. The average molecular weight is 644 g/mol. The maximum absolute atomic E-state index is 13.5. The second-order valence-electron chi connectivity index (χ2n) is 11.7. The molecule has 0 bridgehead atoms. The number of carbonyl (C=O) groups is 2. The van der Waals surface area contributed by atoms with Crippen LogP contribution in [0.4, 0.5) is 0 Å². The summed E-state index contributed by atoms with van der Waals surface area (Å²) in [5.41, 5.74) is 2.19. The highest BCUT2D eigenvalue weighted by Gasteiger charge is 2.41. The van der Waals surface area contributed by atoms with Crippen molar-refractivity contribution in [1.82, 2.24) is 9.80 Å². The molecular weight excluding hydrogens is 603 g/mol. The van der Waals surface area contributed by atoms with Gasteiger partial charge < -0.3 is 14.5 Å². The van der Waals surface area contributed by atoms with E-state index in [1.807, 2.05) is 72.5 Å². The zero-order chi connectivity index (χ0) is 29.6. The predicted molar refractivity (Wildman–Crippen MR) is 176 cm³/mol. The highest BCUT2D eigenvalue weighted by atomic mass is 35.5. The van der Waals surface area contributed by atoms with E-state index in [9.17, 15) is 9.59 Å². The molecular formula is C35H41Cl3N2O3. The molecule has 0 spiro atoms. The van der Waals surface area contributed by atoms with Gasteiger partial charge in [0.25, 0.3) is 5.91 Å². The first-order chi connectivity index (χ1) is 20.3. The van der Waals surface area contributed by atoms with Crippen LogP contribution in [-0.4, -0.2) is 54.4 Å². The summed E-state index contributed by atoms with van der Waals surface area (Å²) in [5.74, 6) is -0.0718. The maximum Gasteiger partial charge on any atom is 0.306 e. The van der Waals surface area contributed by atoms with Gasteiger partial charge in [-0.3, -0.25) is 9.59 Å². The third-order valence-electron chi connectivity index (χ3n) is 9.11. The van der Waals surface area contributed by atoms with Gasteiger partial charge in [-0.25, -0.2) is 0 Å². The first-order valence-electron chi connectivity index (χ1n) is 15.1. The van der Waals surface area contributed by atoms with E-state index in [4.69, 9.17) is 27.9 Å². The van der Waals surface area contributed by atoms with Crippen LogP contribution in [0.1, 0.15) is 73.4 Å². The fourth-order valence-electron chi connectivity index (χ4n) is 6.74. The molecule has 1 unspecified atom stereocenters. The summed E-state index contributed by atoms with van der Waals surface area (Å²) >= 11 is 12.8. The van der Waals surface area contributed by atoms with E-state index in [1.54, 1.807) is 0 Å². The van der Waals surface area contributed by atoms with Gasteiger partial charge in [0.05, 0.1) is 10.0 Å². The lowest BCUT2D eigenvalue weighted by atomic mass is 9.70. The van der Waals surface area contributed by atoms with E-state index in [0.717, 1.165) is 81.4 Å². The monoisotopic (exact) mass is 642 g/mol. The summed E-state index contributed by atoms with van der Waals surface area (Å²) in [6.07, 6.45) is 5.78. The number of nitrogens with zero attached hydrogens (tertiary/aromatic N) is 2. The maximum atomic E-state index is 13.5. The SMILES string of the molecule is CCC(=O)OC1(c2ccccc2)CCN(CCCC2(c3ccc(Cl)c(Cl)c3)CCCN(C(=O)c3ccccc3)C2)CC1.Cl. The quantitative estimate of drug-likeness (QED) is 0.220. The van der Waals surface area contributed by atoms with E-state index in [1.165, 1.54) is 0 Å². The topological polar surface area (TPSA) is 49.9 Å². The van der Waals surface area contributed by atoms with E-state index < -0.39 is 5.60 Å². The number of esters is 1. The molecule has 0 aliphatic carbocycles. The van der Waals surface area contributed by atoms with Crippen molar-refractivity contribution < 1.29 is 14.3 Å². The molecule has 8 heteroatoms. The van der Waals surface area contributed by atoms with E-state index in [2.05, 4.69) is 23.1 Å². The van der Waals surface area contributed by atoms with E-state index in [0.29, 0.717) is 23.0 Å². The van der Waals surface area contributed by atoms with Crippen LogP contribution in [0.15, 0.2) is 78.9 Å². The lowest BCUT2D eigenvalue weighted by Gasteiger charge is -2.45. The molecule has 2 fully saturated rings. The Hall–Kier alpha value is -2.57. The van der Waals surface area contributed by atoms with Crippen molar-refractivity contribution in [3.8, 4) is 0 Å². The molecule has 1 amide bonds. The van der Waals surface area contributed by atoms with Gasteiger partial charge >= 0.3 is 5.97 Å². The predicted octanol–water partition coefficient (Wildman–Crippen LogP) is 8.31. The number of halogens is 3. The number of rotatable bonds is 9. The van der Waals surface area contributed by atoms with Crippen LogP contribution in [0.5, 0.6) is 0 Å². The molecule has 1 atom stereocenters. The largest absolute Gasteiger partial charge is 0.454 e. The number of hydrogen-bond donors (Lipinski definition) is 0. The van der Waals surface area contributed by atoms with Gasteiger partial charge in [-0.2, -0.15) is 0 Å². The van der Waals surface area contributed by atoms with Crippen molar-refractivity contribution in [1.29, 1.82) is 0 Å². The zero-order valence-electron chi connectivity index (χ0n) is 24.8. The Morgan fingerprint density at radius 3 is 2.16 bits per heavy atom. The van der Waals surface area contributed by atoms with Gasteiger partial charge in [0.15, 0.2) is 0 Å². The molecule has 5 nitrogen and oxygen atoms in total. The van der Waals surface area contributed by atoms with Gasteiger partial charge in [0, 0.05) is 56.4 Å². The summed E-state index contributed by atoms with van der Waals surface area (Å²) in [6.45, 7) is 5.93. The van der Waals surface area contributed by atoms with Crippen molar-refractivity contribution in [2.45, 2.75) is 62.9 Å². The third-order valence-corrected chi connectivity index (χ3v) is 9.85. The Morgan fingerprint density at radius 1 is 0.837 bits per heavy atom. The molecule has 2 heterocycles. The molecule has 3 aromatic carbocycles. The molecule has 5 rings (SSSR count). The number of ether oxygens (including phenoxy) is 1. The summed E-state index contributed by atoms with van der Waals surface area (Å²) < 4.78 is 6.10. The fraction of sp³-hybridized carbons (Fsp3) is 0.429. The van der Waals surface area contributed by atoms with Crippen molar-refractivity contribution in [2.75, 3.05) is 32.7 Å². The molecule has 3 aromatic rings. The molecule has 43 heavy (non-hydrogen) atoms. The third kappa shape index (κ3) is 7.75. The Kier molecular flexibility index (Phi) is 11.6. The lowest BCUT2D eigenvalue weighted by molar-refractivity contribution is -0.166. The summed E-state index contributed by atoms with van der Waals surface area (Å²) in [6, 6.07) is 25.7. The minimum absolute atomic E-state index is 0. The highest BCUT2D eigenvalue weighted by molar-refractivity contribution is 6.42. The summed E-state index contributed by atoms with van der Waals surface area (Å²) in [4.78, 5) is 30.4. The second-order valence-corrected chi connectivity index (χ2v) is 12.6. The second kappa shape index (κ2) is 14.9. The fourth-order valence-corrected chi connectivity index (χ4v) is 7.04. The smallest absolute Gasteiger partial charge is 0.306 e. The number of carbonyl (C=O) groups excluding carboxylic acids is 2. The van der Waals surface area contributed by atoms with Crippen LogP contribution >= 0.6 is 35.6 Å². The summed E-state index contributed by atoms with van der Waals surface area (Å²) in [5, 5.41) is 1.09. The number of benzene rings is 3. The highest BCUT2D eigenvalue weighted by Crippen LogP contribution is 2.42. The van der Waals surface area contributed by atoms with Crippen molar-refractivity contribution in [2.24, 2.45) is 0 Å². The first kappa shape index (κ1) is 33.3. The number of piperidine rings is 2. The Labute approximate surface area is 271 Å². The minimum atomic E-state index is -0.562. The molecule has 2 aliphatic rings. The molecule has 2 saturated heterocycles. The van der Waals surface area contributed by atoms with Crippen molar-refractivity contribution in [3.63, 3.8) is 0 Å². The standard InChI is InChI=1S/C35H40Cl2N2O3.ClH/c1-2-32(40)42-35(28-13-7-4-8-14-28)19-23-38(24-20-35)21-9-17-34(29-15-16-30(36)31(37)25-29)18-10-22-39(26-34)33(41)27-11-5-3-6-12-27;/h3-8,11-16,25H,2,9-10,17-24,26H2,1H3;1H. The average Bonchev–Trinajstić information content (AvgIpc) is 3.03. The molecule has 0 radical (unpaired) electrons. The zero-order valence-corrected chi connectivity index (χ0v) is 27.1. The van der Waals surface area contributed by atoms with Crippen molar-refractivity contribution >= 4 is 47.5 Å². The van der Waals surface area contributed by atoms with Gasteiger partial charge in [-0.1, -0.05) is 84.7 Å². The van der Waals surface area contributed by atoms with Crippen LogP contribution in [0.3, 0.4) is 0 Å². The van der Waals surface area contributed by atoms with Gasteiger partial charge in [0.2, 0.25) is 0 Å². The normalized spacial score (nSPS) is 20.2. The number of amides is 1. The van der Waals surface area contributed by atoms with Gasteiger partial charge in [0.1, 0.15) is 5.60 Å². The number of likely N-dealkylation sites (tertiary alicyclic amines) is 2. The van der Waals surface area contributed by atoms with Crippen LogP contribution in [0.25, 0.3) is 0 Å². The summed E-state index contributed by atoms with van der Waals surface area (Å²) in [7, 11) is 0. The van der Waals surface area contributed by atoms with Crippen LogP contribution in [0, 0.1) is 0 Å². The van der Waals surface area contributed by atoms with Crippen LogP contribution in [0.2, 0.25) is 10.0 Å². The van der Waals surface area contributed by atoms with E-state index in [-0.39, 0.29) is 29.7 Å². The Bertz CT molecular complexity index is 1360. The van der Waals surface area contributed by atoms with Crippen LogP contribution < -0.4 is 0 Å². The molecule has 0 aromatic heterocycles. The Balaban J connectivity index is 0.00000423. The number of hydrogen-bond acceptors (Lipinski definition) is 4. The molecule has 0 N–H and O–H groups in total. The lowest BCUT2D eigenvalue weighted by Crippen LogP contribution is -2.49. The first-order valence-corrected chi connectivity index (χ1v) is 15.9. The van der Waals surface area contributed by atoms with Gasteiger partial charge in [-0.15, -0.1) is 12.4 Å². The Morgan fingerprint density at radius 2 is 1.51 bits per heavy atom. The van der Waals surface area contributed by atoms with E-state index >= 15 is 0 Å². The molecule has 0 saturated carbocycles. The van der Waals surface area contributed by atoms with Crippen molar-refractivity contribution in [3.05, 3.63) is 106 Å². The van der Waals surface area contributed by atoms with Crippen LogP contribution in [-0.2, 0) is 20.5 Å². The van der Waals surface area contributed by atoms with Gasteiger partial charge in [-0.05, 0) is 67.6 Å².